The summed E-state index contributed by atoms with van der Waals surface area (Å²) in [5.41, 5.74) is 13.0. The van der Waals surface area contributed by atoms with Gasteiger partial charge in [0.1, 0.15) is 0 Å². The van der Waals surface area contributed by atoms with Crippen LogP contribution in [0.3, 0.4) is 0 Å². The third-order valence-electron chi connectivity index (χ3n) is 3.39. The highest BCUT2D eigenvalue weighted by Crippen LogP contribution is 2.11. The number of carbonyl (C=O) groups is 1. The minimum absolute atomic E-state index is 0.0222. The van der Waals surface area contributed by atoms with E-state index in [2.05, 4.69) is 0 Å². The van der Waals surface area contributed by atoms with Crippen molar-refractivity contribution in [2.45, 2.75) is 31.3 Å². The van der Waals surface area contributed by atoms with Crippen LogP contribution >= 0.6 is 0 Å². The average Bonchev–Trinajstić information content (AvgIpc) is 2.39. The van der Waals surface area contributed by atoms with Gasteiger partial charge < -0.3 is 16.4 Å². The van der Waals surface area contributed by atoms with Gasteiger partial charge in [0.25, 0.3) is 0 Å². The Bertz CT molecular complexity index is 393. The normalized spacial score (nSPS) is 21.7. The minimum atomic E-state index is -0.460. The molecule has 0 aromatic heterocycles. The second-order valence-corrected chi connectivity index (χ2v) is 4.98. The highest BCUT2D eigenvalue weighted by Gasteiger charge is 2.25. The van der Waals surface area contributed by atoms with Crippen molar-refractivity contribution in [3.8, 4) is 0 Å². The summed E-state index contributed by atoms with van der Waals surface area (Å²) in [6.45, 7) is 1.43. The van der Waals surface area contributed by atoms with Gasteiger partial charge in [-0.2, -0.15) is 0 Å². The third kappa shape index (κ3) is 3.31. The molecular weight excluding hydrogens is 226 g/mol. The van der Waals surface area contributed by atoms with E-state index < -0.39 is 6.04 Å². The molecule has 0 radical (unpaired) electrons. The fourth-order valence-electron chi connectivity index (χ4n) is 2.40. The van der Waals surface area contributed by atoms with Crippen LogP contribution in [0.5, 0.6) is 0 Å². The smallest absolute Gasteiger partial charge is 0.239 e. The number of carbonyl (C=O) groups excluding carboxylic acids is 1. The fraction of sp³-hybridized carbons (Fsp3) is 0.500. The van der Waals surface area contributed by atoms with Crippen LogP contribution in [0, 0.1) is 0 Å². The molecular formula is C14H21N3O. The summed E-state index contributed by atoms with van der Waals surface area (Å²) < 4.78 is 0. The number of benzene rings is 1. The molecule has 1 amide bonds. The van der Waals surface area contributed by atoms with Gasteiger partial charge in [-0.05, 0) is 24.8 Å². The number of piperidine rings is 1. The average molecular weight is 247 g/mol. The Morgan fingerprint density at radius 1 is 1.39 bits per heavy atom. The van der Waals surface area contributed by atoms with Gasteiger partial charge in [-0.1, -0.05) is 30.3 Å². The summed E-state index contributed by atoms with van der Waals surface area (Å²) in [5, 5.41) is 0. The van der Waals surface area contributed by atoms with Crippen LogP contribution in [0.4, 0.5) is 0 Å². The van der Waals surface area contributed by atoms with E-state index in [-0.39, 0.29) is 11.9 Å². The van der Waals surface area contributed by atoms with Gasteiger partial charge in [0.2, 0.25) is 5.91 Å². The molecule has 1 aromatic rings. The summed E-state index contributed by atoms with van der Waals surface area (Å²) in [6.07, 6.45) is 2.56. The number of rotatable bonds is 3. The zero-order chi connectivity index (χ0) is 13.0. The molecule has 1 aromatic carbocycles. The third-order valence-corrected chi connectivity index (χ3v) is 3.39. The Labute approximate surface area is 108 Å². The van der Waals surface area contributed by atoms with Crippen LogP contribution in [0.15, 0.2) is 30.3 Å². The molecule has 2 rings (SSSR count). The maximum Gasteiger partial charge on any atom is 0.239 e. The van der Waals surface area contributed by atoms with E-state index in [9.17, 15) is 4.79 Å². The molecule has 2 unspecified atom stereocenters. The van der Waals surface area contributed by atoms with Crippen molar-refractivity contribution >= 4 is 5.91 Å². The molecule has 4 N–H and O–H groups in total. The van der Waals surface area contributed by atoms with Crippen LogP contribution in [0.25, 0.3) is 0 Å². The lowest BCUT2D eigenvalue weighted by Crippen LogP contribution is -2.51. The van der Waals surface area contributed by atoms with Crippen LogP contribution in [0.1, 0.15) is 18.4 Å². The molecule has 0 saturated carbocycles. The van der Waals surface area contributed by atoms with E-state index in [1.807, 2.05) is 35.2 Å². The molecule has 1 fully saturated rings. The van der Waals surface area contributed by atoms with E-state index in [0.717, 1.165) is 24.9 Å². The van der Waals surface area contributed by atoms with E-state index in [1.54, 1.807) is 0 Å². The van der Waals surface area contributed by atoms with Crippen molar-refractivity contribution in [1.29, 1.82) is 0 Å². The van der Waals surface area contributed by atoms with Gasteiger partial charge >= 0.3 is 0 Å². The predicted octanol–water partition coefficient (Wildman–Crippen LogP) is 0.506. The molecule has 2 atom stereocenters. The molecule has 1 aliphatic rings. The van der Waals surface area contributed by atoms with Crippen LogP contribution in [-0.4, -0.2) is 36.0 Å². The molecule has 1 aliphatic heterocycles. The molecule has 4 heteroatoms. The van der Waals surface area contributed by atoms with Crippen molar-refractivity contribution < 1.29 is 4.79 Å². The molecule has 1 saturated heterocycles. The summed E-state index contributed by atoms with van der Waals surface area (Å²) in [5.74, 6) is 0.0222. The SMILES string of the molecule is NC1CCCN(C(=O)C(N)Cc2ccccc2)C1. The highest BCUT2D eigenvalue weighted by molar-refractivity contribution is 5.82. The molecule has 0 aliphatic carbocycles. The van der Waals surface area contributed by atoms with E-state index in [0.29, 0.717) is 13.0 Å². The van der Waals surface area contributed by atoms with E-state index in [1.165, 1.54) is 0 Å². The van der Waals surface area contributed by atoms with Crippen molar-refractivity contribution in [3.05, 3.63) is 35.9 Å². The molecule has 98 valence electrons. The summed E-state index contributed by atoms with van der Waals surface area (Å²) >= 11 is 0. The van der Waals surface area contributed by atoms with Gasteiger partial charge in [0.05, 0.1) is 6.04 Å². The number of nitrogens with zero attached hydrogens (tertiary/aromatic N) is 1. The fourth-order valence-corrected chi connectivity index (χ4v) is 2.40. The zero-order valence-corrected chi connectivity index (χ0v) is 10.6. The van der Waals surface area contributed by atoms with E-state index in [4.69, 9.17) is 11.5 Å². The second-order valence-electron chi connectivity index (χ2n) is 4.98. The first-order chi connectivity index (χ1) is 8.66. The quantitative estimate of drug-likeness (QED) is 0.817. The Morgan fingerprint density at radius 2 is 2.11 bits per heavy atom. The zero-order valence-electron chi connectivity index (χ0n) is 10.6. The Kier molecular flexibility index (Phi) is 4.33. The number of nitrogens with two attached hydrogens (primary N) is 2. The Morgan fingerprint density at radius 3 is 2.78 bits per heavy atom. The number of amides is 1. The van der Waals surface area contributed by atoms with Gasteiger partial charge in [0, 0.05) is 19.1 Å². The maximum atomic E-state index is 12.2. The summed E-state index contributed by atoms with van der Waals surface area (Å²) in [4.78, 5) is 14.0. The molecule has 4 nitrogen and oxygen atoms in total. The monoisotopic (exact) mass is 247 g/mol. The maximum absolute atomic E-state index is 12.2. The molecule has 1 heterocycles. The van der Waals surface area contributed by atoms with Gasteiger partial charge in [-0.15, -0.1) is 0 Å². The summed E-state index contributed by atoms with van der Waals surface area (Å²) in [6, 6.07) is 9.52. The number of likely N-dealkylation sites (tertiary alicyclic amines) is 1. The number of hydrogen-bond acceptors (Lipinski definition) is 3. The molecule has 0 spiro atoms. The van der Waals surface area contributed by atoms with Crippen LogP contribution < -0.4 is 11.5 Å². The predicted molar refractivity (Wildman–Crippen MR) is 71.9 cm³/mol. The first-order valence-electron chi connectivity index (χ1n) is 6.50. The first kappa shape index (κ1) is 13.1. The van der Waals surface area contributed by atoms with Crippen LogP contribution in [-0.2, 0) is 11.2 Å². The molecule has 18 heavy (non-hydrogen) atoms. The second kappa shape index (κ2) is 5.98. The van der Waals surface area contributed by atoms with Gasteiger partial charge in [0.15, 0.2) is 0 Å². The topological polar surface area (TPSA) is 72.3 Å². The molecule has 0 bridgehead atoms. The number of hydrogen-bond donors (Lipinski definition) is 2. The standard InChI is InChI=1S/C14H21N3O/c15-12-7-4-8-17(10-12)14(18)13(16)9-11-5-2-1-3-6-11/h1-3,5-6,12-13H,4,7-10,15-16H2. The lowest BCUT2D eigenvalue weighted by Gasteiger charge is -2.32. The Hall–Kier alpha value is -1.39. The lowest BCUT2D eigenvalue weighted by molar-refractivity contribution is -0.133. The van der Waals surface area contributed by atoms with E-state index >= 15 is 0 Å². The summed E-state index contributed by atoms with van der Waals surface area (Å²) in [7, 11) is 0. The van der Waals surface area contributed by atoms with Crippen molar-refractivity contribution in [2.24, 2.45) is 11.5 Å². The highest BCUT2D eigenvalue weighted by atomic mass is 16.2. The van der Waals surface area contributed by atoms with Crippen molar-refractivity contribution in [2.75, 3.05) is 13.1 Å². The lowest BCUT2D eigenvalue weighted by atomic mass is 10.0. The van der Waals surface area contributed by atoms with Gasteiger partial charge in [-0.3, -0.25) is 4.79 Å². The van der Waals surface area contributed by atoms with Crippen LogP contribution in [0.2, 0.25) is 0 Å². The first-order valence-corrected chi connectivity index (χ1v) is 6.50. The van der Waals surface area contributed by atoms with Crippen molar-refractivity contribution in [3.63, 3.8) is 0 Å². The minimum Gasteiger partial charge on any atom is -0.340 e. The Balaban J connectivity index is 1.92. The van der Waals surface area contributed by atoms with Crippen molar-refractivity contribution in [1.82, 2.24) is 4.90 Å². The largest absolute Gasteiger partial charge is 0.340 e. The van der Waals surface area contributed by atoms with Gasteiger partial charge in [-0.25, -0.2) is 0 Å².